The number of halogens is 1. The maximum Gasteiger partial charge on any atom is 0.232 e. The van der Waals surface area contributed by atoms with Gasteiger partial charge in [0, 0.05) is 35.8 Å². The fraction of sp³-hybridized carbons (Fsp3) is 0.0909. The summed E-state index contributed by atoms with van der Waals surface area (Å²) in [5.74, 6) is 1.46. The molecule has 0 aliphatic rings. The fourth-order valence-corrected chi connectivity index (χ4v) is 7.47. The molecule has 0 amide bonds. The van der Waals surface area contributed by atoms with Crippen molar-refractivity contribution in [2.24, 2.45) is 0 Å². The number of fused-ring (bicyclic) bond motifs is 3. The van der Waals surface area contributed by atoms with Crippen LogP contribution in [-0.2, 0) is 10.0 Å². The van der Waals surface area contributed by atoms with Gasteiger partial charge in [-0.1, -0.05) is 18.2 Å². The predicted molar refractivity (Wildman–Crippen MR) is 218 cm³/mol. The quantitative estimate of drug-likeness (QED) is 0.122. The van der Waals surface area contributed by atoms with Gasteiger partial charge in [0.05, 0.1) is 42.9 Å². The van der Waals surface area contributed by atoms with E-state index < -0.39 is 15.8 Å². The Morgan fingerprint density at radius 1 is 0.690 bits per heavy atom. The van der Waals surface area contributed by atoms with E-state index in [1.54, 1.807) is 55.8 Å². The smallest absolute Gasteiger partial charge is 0.232 e. The Kier molecular flexibility index (Phi) is 8.77. The minimum Gasteiger partial charge on any atom is -0.496 e. The zero-order valence-electron chi connectivity index (χ0n) is 31.3. The van der Waals surface area contributed by atoms with E-state index in [0.717, 1.165) is 21.7 Å². The van der Waals surface area contributed by atoms with Gasteiger partial charge < -0.3 is 22.7 Å². The summed E-state index contributed by atoms with van der Waals surface area (Å²) in [4.78, 5) is 26.3. The van der Waals surface area contributed by atoms with Crippen LogP contribution in [0.2, 0.25) is 0 Å². The molecule has 4 aromatic heterocycles. The molecule has 0 aliphatic carbocycles. The van der Waals surface area contributed by atoms with Crippen LogP contribution in [0.3, 0.4) is 0 Å². The van der Waals surface area contributed by atoms with E-state index in [2.05, 4.69) is 9.97 Å². The number of carbonyl (C=O) groups is 1. The zero-order valence-corrected chi connectivity index (χ0v) is 32.1. The highest BCUT2D eigenvalue weighted by molar-refractivity contribution is 7.92. The number of benzene rings is 5. The van der Waals surface area contributed by atoms with E-state index in [9.17, 15) is 17.6 Å². The zero-order chi connectivity index (χ0) is 40.3. The standard InChI is InChI=1S/C44H31FN4O8S/c1-49(58(4,51)52)35-22-40-30(33(23-50)41(55-40)24-7-12-28(45)13-8-24)21-29(35)27-11-15-37(54-3)32(19-27)43-47-34-20-26(10-16-38(34)56-43)25-9-14-36(53-2)31(18-25)44-48-42-39(57-44)6-5-17-46-42/h5-23H,1-4H3. The van der Waals surface area contributed by atoms with Crippen molar-refractivity contribution in [2.45, 2.75) is 0 Å². The highest BCUT2D eigenvalue weighted by Crippen LogP contribution is 2.44. The van der Waals surface area contributed by atoms with E-state index in [1.165, 1.54) is 38.4 Å². The van der Waals surface area contributed by atoms with E-state index >= 15 is 0 Å². The number of pyridine rings is 1. The van der Waals surface area contributed by atoms with E-state index in [4.69, 9.17) is 27.7 Å². The molecule has 0 aliphatic heterocycles. The summed E-state index contributed by atoms with van der Waals surface area (Å²) in [6.45, 7) is 0. The Balaban J connectivity index is 1.15. The SMILES string of the molecule is COc1ccc(-c2cc3c(C=O)c(-c4ccc(F)cc4)oc3cc2N(C)S(C)(=O)=O)cc1-c1nc2cc(-c3ccc(OC)c(-c4nc5ncccc5o4)c3)ccc2o1. The Bertz CT molecular complexity index is 3160. The molecule has 9 rings (SSSR count). The molecule has 0 spiro atoms. The molecule has 9 aromatic rings. The molecule has 0 bridgehead atoms. The third kappa shape index (κ3) is 6.29. The van der Waals surface area contributed by atoms with Gasteiger partial charge in [-0.15, -0.1) is 0 Å². The van der Waals surface area contributed by atoms with Gasteiger partial charge in [-0.25, -0.2) is 22.8 Å². The largest absolute Gasteiger partial charge is 0.496 e. The van der Waals surface area contributed by atoms with E-state index in [-0.39, 0.29) is 28.5 Å². The first-order valence-electron chi connectivity index (χ1n) is 17.8. The summed E-state index contributed by atoms with van der Waals surface area (Å²) in [6, 6.07) is 29.1. The summed E-state index contributed by atoms with van der Waals surface area (Å²) in [6.07, 6.45) is 3.41. The molecule has 0 radical (unpaired) electrons. The number of methoxy groups -OCH3 is 2. The van der Waals surface area contributed by atoms with Crippen molar-refractivity contribution in [1.29, 1.82) is 0 Å². The van der Waals surface area contributed by atoms with Gasteiger partial charge in [-0.3, -0.25) is 9.10 Å². The second kappa shape index (κ2) is 14.0. The Labute approximate surface area is 330 Å². The topological polar surface area (TPSA) is 151 Å². The van der Waals surface area contributed by atoms with Crippen LogP contribution < -0.4 is 13.8 Å². The molecule has 0 unspecified atom stereocenters. The summed E-state index contributed by atoms with van der Waals surface area (Å²) < 4.78 is 70.7. The van der Waals surface area contributed by atoms with Crippen LogP contribution in [0.5, 0.6) is 11.5 Å². The van der Waals surface area contributed by atoms with Gasteiger partial charge in [0.15, 0.2) is 23.1 Å². The maximum absolute atomic E-state index is 13.8. The molecule has 0 saturated heterocycles. The summed E-state index contributed by atoms with van der Waals surface area (Å²) >= 11 is 0. The summed E-state index contributed by atoms with van der Waals surface area (Å²) in [5.41, 5.74) is 7.32. The Morgan fingerprint density at radius 3 is 2.02 bits per heavy atom. The number of aldehydes is 1. The molecule has 12 nitrogen and oxygen atoms in total. The average Bonchev–Trinajstić information content (AvgIpc) is 3.97. The Morgan fingerprint density at radius 2 is 1.33 bits per heavy atom. The highest BCUT2D eigenvalue weighted by atomic mass is 32.2. The second-order valence-electron chi connectivity index (χ2n) is 13.4. The predicted octanol–water partition coefficient (Wildman–Crippen LogP) is 9.81. The monoisotopic (exact) mass is 794 g/mol. The molecule has 0 N–H and O–H groups in total. The third-order valence-electron chi connectivity index (χ3n) is 9.96. The minimum atomic E-state index is -3.76. The van der Waals surface area contributed by atoms with Crippen LogP contribution in [0.25, 0.3) is 89.8 Å². The van der Waals surface area contributed by atoms with Gasteiger partial charge in [-0.2, -0.15) is 4.98 Å². The van der Waals surface area contributed by atoms with Gasteiger partial charge in [-0.05, 0) is 95.6 Å². The minimum absolute atomic E-state index is 0.228. The van der Waals surface area contributed by atoms with Crippen molar-refractivity contribution >= 4 is 55.3 Å². The second-order valence-corrected chi connectivity index (χ2v) is 15.5. The molecule has 58 heavy (non-hydrogen) atoms. The fourth-order valence-electron chi connectivity index (χ4n) is 6.96. The number of rotatable bonds is 10. The lowest BCUT2D eigenvalue weighted by atomic mass is 9.97. The number of anilines is 1. The number of hydrogen-bond acceptors (Lipinski definition) is 11. The number of sulfonamides is 1. The molecule has 0 fully saturated rings. The summed E-state index contributed by atoms with van der Waals surface area (Å²) in [7, 11) is 0.784. The number of oxazole rings is 2. The van der Waals surface area contributed by atoms with Crippen LogP contribution >= 0.6 is 0 Å². The molecule has 0 atom stereocenters. The van der Waals surface area contributed by atoms with Crippen LogP contribution in [-0.4, -0.2) is 57.2 Å². The van der Waals surface area contributed by atoms with Crippen molar-refractivity contribution in [2.75, 3.05) is 31.8 Å². The van der Waals surface area contributed by atoms with Crippen molar-refractivity contribution in [1.82, 2.24) is 15.0 Å². The first-order chi connectivity index (χ1) is 28.0. The van der Waals surface area contributed by atoms with E-state index in [1.807, 2.05) is 36.4 Å². The molecular formula is C44H31FN4O8S. The number of nitrogens with zero attached hydrogens (tertiary/aromatic N) is 4. The first-order valence-corrected chi connectivity index (χ1v) is 19.6. The van der Waals surface area contributed by atoms with Crippen LogP contribution in [0, 0.1) is 5.82 Å². The number of hydrogen-bond donors (Lipinski definition) is 0. The molecular weight excluding hydrogens is 764 g/mol. The van der Waals surface area contributed by atoms with Gasteiger partial charge in [0.25, 0.3) is 0 Å². The molecule has 4 heterocycles. The van der Waals surface area contributed by atoms with Gasteiger partial charge in [0.1, 0.15) is 34.2 Å². The lowest BCUT2D eigenvalue weighted by Gasteiger charge is -2.21. The maximum atomic E-state index is 13.8. The number of ether oxygens (including phenoxy) is 2. The average molecular weight is 795 g/mol. The van der Waals surface area contributed by atoms with Crippen LogP contribution in [0.1, 0.15) is 10.4 Å². The van der Waals surface area contributed by atoms with Crippen LogP contribution in [0.15, 0.2) is 123 Å². The molecule has 14 heteroatoms. The number of furan rings is 1. The lowest BCUT2D eigenvalue weighted by molar-refractivity contribution is 0.112. The third-order valence-corrected chi connectivity index (χ3v) is 11.2. The van der Waals surface area contributed by atoms with Gasteiger partial charge >= 0.3 is 0 Å². The highest BCUT2D eigenvalue weighted by Gasteiger charge is 2.25. The van der Waals surface area contributed by atoms with Gasteiger partial charge in [0.2, 0.25) is 21.8 Å². The van der Waals surface area contributed by atoms with Crippen molar-refractivity contribution in [3.05, 3.63) is 121 Å². The van der Waals surface area contributed by atoms with Crippen molar-refractivity contribution in [3.63, 3.8) is 0 Å². The van der Waals surface area contributed by atoms with E-state index in [0.29, 0.717) is 79.2 Å². The van der Waals surface area contributed by atoms with Crippen LogP contribution in [0.4, 0.5) is 10.1 Å². The lowest BCUT2D eigenvalue weighted by Crippen LogP contribution is -2.25. The number of carbonyl (C=O) groups excluding carboxylic acids is 1. The normalized spacial score (nSPS) is 11.7. The van der Waals surface area contributed by atoms with Crippen molar-refractivity contribution < 1.29 is 40.3 Å². The van der Waals surface area contributed by atoms with Crippen molar-refractivity contribution in [3.8, 4) is 68.0 Å². The molecule has 288 valence electrons. The first kappa shape index (κ1) is 36.3. The molecule has 5 aromatic carbocycles. The summed E-state index contributed by atoms with van der Waals surface area (Å²) in [5, 5.41) is 0.441. The number of aromatic nitrogens is 3. The Hall–Kier alpha value is -7.32. The molecule has 0 saturated carbocycles.